The van der Waals surface area contributed by atoms with Crippen molar-refractivity contribution < 1.29 is 28.6 Å². The third kappa shape index (κ3) is 63.7. The molecule has 6 heteroatoms. The van der Waals surface area contributed by atoms with E-state index in [-0.39, 0.29) is 31.1 Å². The van der Waals surface area contributed by atoms with Crippen molar-refractivity contribution in [1.82, 2.24) is 0 Å². The fourth-order valence-electron chi connectivity index (χ4n) is 9.88. The summed E-state index contributed by atoms with van der Waals surface area (Å²) in [5, 5.41) is 0. The Kier molecular flexibility index (Phi) is 63.7. The lowest BCUT2D eigenvalue weighted by atomic mass is 10.0. The second-order valence-electron chi connectivity index (χ2n) is 22.7. The Balaban J connectivity index is 4.33. The van der Waals surface area contributed by atoms with Crippen LogP contribution in [0.4, 0.5) is 0 Å². The minimum Gasteiger partial charge on any atom is -0.462 e. The van der Waals surface area contributed by atoms with Crippen molar-refractivity contribution in [2.75, 3.05) is 13.2 Å². The Morgan fingerprint density at radius 2 is 0.500 bits per heavy atom. The van der Waals surface area contributed by atoms with Gasteiger partial charge in [-0.2, -0.15) is 0 Å². The molecule has 0 N–H and O–H groups in total. The van der Waals surface area contributed by atoms with Gasteiger partial charge in [0.1, 0.15) is 13.2 Å². The Bertz CT molecular complexity index is 1440. The average molecular weight is 1090 g/mol. The highest BCUT2D eigenvalue weighted by atomic mass is 16.6. The summed E-state index contributed by atoms with van der Waals surface area (Å²) in [5.41, 5.74) is 0. The van der Waals surface area contributed by atoms with E-state index in [1.807, 2.05) is 0 Å². The van der Waals surface area contributed by atoms with Gasteiger partial charge in [-0.1, -0.05) is 312 Å². The molecular formula is C72H128O6. The van der Waals surface area contributed by atoms with Crippen LogP contribution in [-0.2, 0) is 28.6 Å². The van der Waals surface area contributed by atoms with E-state index in [1.165, 1.54) is 212 Å². The number of esters is 3. The number of ether oxygens (including phenoxy) is 3. The van der Waals surface area contributed by atoms with Gasteiger partial charge in [0.15, 0.2) is 6.10 Å². The molecule has 0 aliphatic rings. The first-order chi connectivity index (χ1) is 38.5. The van der Waals surface area contributed by atoms with E-state index in [9.17, 15) is 14.4 Å². The molecule has 0 bridgehead atoms. The lowest BCUT2D eigenvalue weighted by molar-refractivity contribution is -0.167. The van der Waals surface area contributed by atoms with Crippen LogP contribution < -0.4 is 0 Å². The smallest absolute Gasteiger partial charge is 0.306 e. The number of hydrogen-bond donors (Lipinski definition) is 0. The van der Waals surface area contributed by atoms with Crippen molar-refractivity contribution in [1.29, 1.82) is 0 Å². The van der Waals surface area contributed by atoms with Gasteiger partial charge in [0.05, 0.1) is 0 Å². The SMILES string of the molecule is CC/C=C\C/C=C\C/C=C\C/C=C\C/C=C\CCCCCCCCCC(=O)OCC(COC(=O)CCCCCCCCCCCCCCCC)OC(=O)CCCCCCCCCCCCC/C=C\CCCCCCCCCC. The third-order valence-corrected chi connectivity index (χ3v) is 14.9. The van der Waals surface area contributed by atoms with Crippen LogP contribution >= 0.6 is 0 Å². The van der Waals surface area contributed by atoms with Crippen molar-refractivity contribution in [3.8, 4) is 0 Å². The Labute approximate surface area is 484 Å². The third-order valence-electron chi connectivity index (χ3n) is 14.9. The summed E-state index contributed by atoms with van der Waals surface area (Å²) in [5.74, 6) is -0.868. The van der Waals surface area contributed by atoms with Crippen LogP contribution in [0.5, 0.6) is 0 Å². The standard InChI is InChI=1S/C72H128O6/c1-4-7-10-13-16-19-22-25-28-30-32-34-36-38-40-42-44-47-50-53-56-59-62-65-71(74)77-68-69(67-76-70(73)64-61-58-55-52-49-46-27-24-21-18-15-12-9-6-3)78-72(75)66-63-60-57-54-51-48-45-43-41-39-37-35-33-31-29-26-23-20-17-14-11-8-5-2/h7,10,16,19,25,28,31-34,38,40,69H,4-6,8-9,11-15,17-18,20-24,26-27,29-30,35-37,39,41-68H2,1-3H3/b10-7-,19-16-,28-25-,33-31-,34-32-,40-38-. The molecule has 0 aromatic heterocycles. The molecule has 6 nitrogen and oxygen atoms in total. The lowest BCUT2D eigenvalue weighted by Gasteiger charge is -2.18. The van der Waals surface area contributed by atoms with Crippen LogP contribution in [0, 0.1) is 0 Å². The van der Waals surface area contributed by atoms with Gasteiger partial charge in [0, 0.05) is 19.3 Å². The molecule has 0 aliphatic carbocycles. The molecule has 0 fully saturated rings. The van der Waals surface area contributed by atoms with Crippen LogP contribution in [0.25, 0.3) is 0 Å². The zero-order chi connectivity index (χ0) is 56.4. The van der Waals surface area contributed by atoms with Crippen LogP contribution in [0.1, 0.15) is 348 Å². The molecule has 0 aliphatic heterocycles. The maximum Gasteiger partial charge on any atom is 0.306 e. The molecule has 0 saturated heterocycles. The highest BCUT2D eigenvalue weighted by molar-refractivity contribution is 5.71. The van der Waals surface area contributed by atoms with Crippen molar-refractivity contribution >= 4 is 17.9 Å². The predicted molar refractivity (Wildman–Crippen MR) is 339 cm³/mol. The summed E-state index contributed by atoms with van der Waals surface area (Å²) in [6.07, 6.45) is 86.3. The summed E-state index contributed by atoms with van der Waals surface area (Å²) < 4.78 is 17.0. The second kappa shape index (κ2) is 66.4. The number of carbonyl (C=O) groups excluding carboxylic acids is 3. The minimum atomic E-state index is -0.780. The number of allylic oxidation sites excluding steroid dienone is 12. The first kappa shape index (κ1) is 74.8. The van der Waals surface area contributed by atoms with Gasteiger partial charge < -0.3 is 14.2 Å². The van der Waals surface area contributed by atoms with Gasteiger partial charge in [0.2, 0.25) is 0 Å². The molecule has 1 unspecified atom stereocenters. The normalized spacial score (nSPS) is 12.5. The fourth-order valence-corrected chi connectivity index (χ4v) is 9.88. The van der Waals surface area contributed by atoms with E-state index in [0.717, 1.165) is 96.3 Å². The minimum absolute atomic E-state index is 0.0754. The quantitative estimate of drug-likeness (QED) is 0.0261. The van der Waals surface area contributed by atoms with E-state index in [2.05, 4.69) is 93.7 Å². The summed E-state index contributed by atoms with van der Waals surface area (Å²) in [6, 6.07) is 0. The van der Waals surface area contributed by atoms with E-state index in [1.54, 1.807) is 0 Å². The molecule has 0 heterocycles. The van der Waals surface area contributed by atoms with Crippen molar-refractivity contribution in [3.05, 3.63) is 72.9 Å². The molecule has 0 amide bonds. The van der Waals surface area contributed by atoms with E-state index in [0.29, 0.717) is 19.3 Å². The van der Waals surface area contributed by atoms with Crippen molar-refractivity contribution in [2.24, 2.45) is 0 Å². The van der Waals surface area contributed by atoms with E-state index in [4.69, 9.17) is 14.2 Å². The Morgan fingerprint density at radius 3 is 0.795 bits per heavy atom. The lowest BCUT2D eigenvalue weighted by Crippen LogP contribution is -2.30. The zero-order valence-electron chi connectivity index (χ0n) is 51.9. The average Bonchev–Trinajstić information content (AvgIpc) is 3.44. The number of rotatable bonds is 62. The van der Waals surface area contributed by atoms with Crippen LogP contribution in [0.2, 0.25) is 0 Å². The molecule has 0 aromatic carbocycles. The summed E-state index contributed by atoms with van der Waals surface area (Å²) in [4.78, 5) is 38.4. The van der Waals surface area contributed by atoms with Gasteiger partial charge in [-0.25, -0.2) is 0 Å². The van der Waals surface area contributed by atoms with E-state index >= 15 is 0 Å². The molecule has 0 spiro atoms. The van der Waals surface area contributed by atoms with Crippen LogP contribution in [0.15, 0.2) is 72.9 Å². The van der Waals surface area contributed by atoms with Gasteiger partial charge >= 0.3 is 17.9 Å². The summed E-state index contributed by atoms with van der Waals surface area (Å²) in [6.45, 7) is 6.57. The maximum atomic E-state index is 12.9. The van der Waals surface area contributed by atoms with Gasteiger partial charge in [-0.05, 0) is 89.9 Å². The Hall–Kier alpha value is -3.15. The Morgan fingerprint density at radius 1 is 0.269 bits per heavy atom. The summed E-state index contributed by atoms with van der Waals surface area (Å²) >= 11 is 0. The molecule has 0 radical (unpaired) electrons. The topological polar surface area (TPSA) is 78.9 Å². The first-order valence-corrected chi connectivity index (χ1v) is 33.9. The van der Waals surface area contributed by atoms with Crippen LogP contribution in [0.3, 0.4) is 0 Å². The number of unbranched alkanes of at least 4 members (excludes halogenated alkanes) is 39. The number of carbonyl (C=O) groups is 3. The second-order valence-corrected chi connectivity index (χ2v) is 22.7. The molecular weight excluding hydrogens is 961 g/mol. The monoisotopic (exact) mass is 1090 g/mol. The molecule has 0 saturated carbocycles. The van der Waals surface area contributed by atoms with Crippen LogP contribution in [-0.4, -0.2) is 37.2 Å². The molecule has 78 heavy (non-hydrogen) atoms. The molecule has 1 atom stereocenters. The van der Waals surface area contributed by atoms with Crippen molar-refractivity contribution in [3.63, 3.8) is 0 Å². The highest BCUT2D eigenvalue weighted by Gasteiger charge is 2.19. The zero-order valence-corrected chi connectivity index (χ0v) is 51.9. The highest BCUT2D eigenvalue weighted by Crippen LogP contribution is 2.17. The van der Waals surface area contributed by atoms with E-state index < -0.39 is 6.10 Å². The fraction of sp³-hybridized carbons (Fsp3) is 0.792. The molecule has 0 aromatic rings. The van der Waals surface area contributed by atoms with Crippen molar-refractivity contribution in [2.45, 2.75) is 354 Å². The molecule has 452 valence electrons. The number of hydrogen-bond acceptors (Lipinski definition) is 6. The maximum absolute atomic E-state index is 12.9. The molecule has 0 rings (SSSR count). The van der Waals surface area contributed by atoms with Gasteiger partial charge in [-0.15, -0.1) is 0 Å². The largest absolute Gasteiger partial charge is 0.462 e. The summed E-state index contributed by atoms with van der Waals surface area (Å²) in [7, 11) is 0. The van der Waals surface area contributed by atoms with Gasteiger partial charge in [0.25, 0.3) is 0 Å². The predicted octanol–water partition coefficient (Wildman–Crippen LogP) is 23.3. The van der Waals surface area contributed by atoms with Gasteiger partial charge in [-0.3, -0.25) is 14.4 Å². The first-order valence-electron chi connectivity index (χ1n) is 33.9.